The molecule has 0 unspecified atom stereocenters. The molecule has 4 heterocycles. The van der Waals surface area contributed by atoms with Crippen LogP contribution >= 0.6 is 0 Å². The summed E-state index contributed by atoms with van der Waals surface area (Å²) in [6, 6.07) is 13.2. The number of benzene rings is 1. The molecule has 0 aliphatic carbocycles. The second kappa shape index (κ2) is 8.96. The third-order valence-electron chi connectivity index (χ3n) is 6.13. The number of halogens is 3. The van der Waals surface area contributed by atoms with Gasteiger partial charge in [0.15, 0.2) is 5.69 Å². The smallest absolute Gasteiger partial charge is 0.419 e. The zero-order valence-corrected chi connectivity index (χ0v) is 18.8. The first kappa shape index (κ1) is 22.7. The molecule has 8 nitrogen and oxygen atoms in total. The normalized spacial score (nSPS) is 17.2. The van der Waals surface area contributed by atoms with Crippen LogP contribution in [0.1, 0.15) is 17.7 Å². The maximum absolute atomic E-state index is 14.0. The first-order valence-corrected chi connectivity index (χ1v) is 11.0. The molecule has 0 amide bonds. The zero-order chi connectivity index (χ0) is 24.6. The predicted molar refractivity (Wildman–Crippen MR) is 125 cm³/mol. The summed E-state index contributed by atoms with van der Waals surface area (Å²) in [5.41, 5.74) is 6.46. The second-order valence-electron chi connectivity index (χ2n) is 8.47. The number of alkyl halides is 3. The maximum atomic E-state index is 14.0. The Hall–Kier alpha value is -4.04. The summed E-state index contributed by atoms with van der Waals surface area (Å²) in [5, 5.41) is 11.1. The van der Waals surface area contributed by atoms with E-state index in [2.05, 4.69) is 25.8 Å². The van der Waals surface area contributed by atoms with Gasteiger partial charge in [0.05, 0.1) is 23.6 Å². The van der Waals surface area contributed by atoms with Crippen molar-refractivity contribution in [2.24, 2.45) is 5.92 Å². The van der Waals surface area contributed by atoms with E-state index in [1.807, 2.05) is 24.3 Å². The van der Waals surface area contributed by atoms with Crippen molar-refractivity contribution in [3.8, 4) is 23.1 Å². The van der Waals surface area contributed by atoms with Crippen LogP contribution in [-0.4, -0.2) is 36.7 Å². The van der Waals surface area contributed by atoms with E-state index in [4.69, 9.17) is 4.74 Å². The number of rotatable bonds is 5. The number of nitrogens with one attached hydrogen (secondary N) is 2. The lowest BCUT2D eigenvalue weighted by molar-refractivity contribution is -0.139. The van der Waals surface area contributed by atoms with E-state index in [0.717, 1.165) is 24.8 Å². The summed E-state index contributed by atoms with van der Waals surface area (Å²) in [5.74, 6) is 0.717. The lowest BCUT2D eigenvalue weighted by atomic mass is 10.0. The Bertz CT molecular complexity index is 1280. The van der Waals surface area contributed by atoms with Crippen molar-refractivity contribution in [3.63, 3.8) is 0 Å². The highest BCUT2D eigenvalue weighted by molar-refractivity contribution is 5.81. The van der Waals surface area contributed by atoms with Crippen LogP contribution in [0.15, 0.2) is 48.7 Å². The number of hydrazine groups is 2. The average Bonchev–Trinajstić information content (AvgIpc) is 3.49. The Labute approximate surface area is 199 Å². The van der Waals surface area contributed by atoms with E-state index in [-0.39, 0.29) is 35.2 Å². The van der Waals surface area contributed by atoms with Gasteiger partial charge in [-0.2, -0.15) is 18.4 Å². The number of pyridine rings is 2. The van der Waals surface area contributed by atoms with Gasteiger partial charge >= 0.3 is 6.18 Å². The lowest BCUT2D eigenvalue weighted by Gasteiger charge is -2.19. The molecule has 0 spiro atoms. The number of aromatic nitrogens is 2. The molecule has 0 saturated carbocycles. The van der Waals surface area contributed by atoms with E-state index in [1.165, 1.54) is 12.1 Å². The molecule has 180 valence electrons. The van der Waals surface area contributed by atoms with Crippen LogP contribution in [0, 0.1) is 17.2 Å². The second-order valence-corrected chi connectivity index (χ2v) is 8.47. The van der Waals surface area contributed by atoms with Gasteiger partial charge in [0, 0.05) is 37.8 Å². The summed E-state index contributed by atoms with van der Waals surface area (Å²) >= 11 is 0. The number of nitriles is 1. The predicted octanol–water partition coefficient (Wildman–Crippen LogP) is 4.22. The van der Waals surface area contributed by atoms with E-state index in [0.29, 0.717) is 17.9 Å². The summed E-state index contributed by atoms with van der Waals surface area (Å²) < 4.78 is 47.6. The van der Waals surface area contributed by atoms with Crippen molar-refractivity contribution >= 4 is 17.2 Å². The quantitative estimate of drug-likeness (QED) is 0.560. The molecule has 2 N–H and O–H groups in total. The largest absolute Gasteiger partial charge is 0.493 e. The maximum Gasteiger partial charge on any atom is 0.419 e. The fraction of sp³-hybridized carbons (Fsp3) is 0.292. The molecule has 2 aliphatic heterocycles. The number of hydrogen-bond acceptors (Lipinski definition) is 8. The zero-order valence-electron chi connectivity index (χ0n) is 18.8. The van der Waals surface area contributed by atoms with Gasteiger partial charge in [-0.15, -0.1) is 5.53 Å². The fourth-order valence-electron chi connectivity index (χ4n) is 4.31. The van der Waals surface area contributed by atoms with Crippen LogP contribution in [-0.2, 0) is 6.18 Å². The van der Waals surface area contributed by atoms with Crippen LogP contribution in [0.5, 0.6) is 5.75 Å². The highest BCUT2D eigenvalue weighted by Crippen LogP contribution is 2.40. The van der Waals surface area contributed by atoms with Crippen LogP contribution in [0.2, 0.25) is 0 Å². The first-order valence-electron chi connectivity index (χ1n) is 11.0. The number of hydrogen-bond donors (Lipinski definition) is 2. The van der Waals surface area contributed by atoms with Crippen molar-refractivity contribution in [1.29, 1.82) is 5.26 Å². The first-order chi connectivity index (χ1) is 16.8. The van der Waals surface area contributed by atoms with Crippen molar-refractivity contribution in [1.82, 2.24) is 15.5 Å². The third-order valence-corrected chi connectivity index (χ3v) is 6.13. The van der Waals surface area contributed by atoms with Crippen LogP contribution in [0.3, 0.4) is 0 Å². The molecule has 1 atom stereocenters. The topological polar surface area (TPSA) is 89.3 Å². The monoisotopic (exact) mass is 481 g/mol. The SMILES string of the molecule is CN1NNc2c1cc(-c1ccc(OC[C@H]3CCN(c4ccccn4)C3)c(C(F)(F)F)c1)nc2C#N. The van der Waals surface area contributed by atoms with Crippen molar-refractivity contribution in [2.75, 3.05) is 42.1 Å². The van der Waals surface area contributed by atoms with Crippen LogP contribution < -0.4 is 25.6 Å². The van der Waals surface area contributed by atoms with Gasteiger partial charge in [-0.1, -0.05) is 6.07 Å². The average molecular weight is 481 g/mol. The molecule has 1 saturated heterocycles. The van der Waals surface area contributed by atoms with Gasteiger partial charge in [-0.25, -0.2) is 9.97 Å². The summed E-state index contributed by atoms with van der Waals surface area (Å²) in [7, 11) is 1.72. The van der Waals surface area contributed by atoms with Gasteiger partial charge in [-0.3, -0.25) is 10.4 Å². The molecule has 0 radical (unpaired) electrons. The van der Waals surface area contributed by atoms with Gasteiger partial charge < -0.3 is 9.64 Å². The summed E-state index contributed by atoms with van der Waals surface area (Å²) in [6.07, 6.45) is -2.09. The molecule has 2 aromatic heterocycles. The minimum absolute atomic E-state index is 0.0851. The van der Waals surface area contributed by atoms with Crippen molar-refractivity contribution in [2.45, 2.75) is 12.6 Å². The highest BCUT2D eigenvalue weighted by Gasteiger charge is 2.36. The molecular weight excluding hydrogens is 459 g/mol. The van der Waals surface area contributed by atoms with E-state index in [1.54, 1.807) is 24.3 Å². The van der Waals surface area contributed by atoms with Gasteiger partial charge in [0.2, 0.25) is 0 Å². The lowest BCUT2D eigenvalue weighted by Crippen LogP contribution is -2.31. The highest BCUT2D eigenvalue weighted by atomic mass is 19.4. The van der Waals surface area contributed by atoms with Crippen LogP contribution in [0.4, 0.5) is 30.4 Å². The summed E-state index contributed by atoms with van der Waals surface area (Å²) in [6.45, 7) is 1.62. The van der Waals surface area contributed by atoms with Crippen molar-refractivity contribution in [3.05, 3.63) is 59.9 Å². The Morgan fingerprint density at radius 3 is 2.83 bits per heavy atom. The molecule has 11 heteroatoms. The van der Waals surface area contributed by atoms with E-state index >= 15 is 0 Å². The fourth-order valence-corrected chi connectivity index (χ4v) is 4.31. The minimum atomic E-state index is -4.62. The number of fused-ring (bicyclic) bond motifs is 1. The Balaban J connectivity index is 1.37. The third kappa shape index (κ3) is 4.52. The standard InChI is InChI=1S/C24H22F3N7O/c1-33-20-11-18(30-19(12-28)23(20)31-32-33)16-5-6-21(17(10-16)24(25,26)27)35-14-15-7-9-34(13-15)22-4-2-3-8-29-22/h2-6,8,10-11,15,31-32H,7,9,13-14H2,1H3/t15-/m0/s1. The Morgan fingerprint density at radius 1 is 1.23 bits per heavy atom. The number of nitrogens with zero attached hydrogens (tertiary/aromatic N) is 5. The molecule has 1 aromatic carbocycles. The number of anilines is 3. The molecule has 3 aromatic rings. The van der Waals surface area contributed by atoms with Crippen LogP contribution in [0.25, 0.3) is 11.3 Å². The molecule has 0 bridgehead atoms. The van der Waals surface area contributed by atoms with Gasteiger partial charge in [0.1, 0.15) is 23.3 Å². The Morgan fingerprint density at radius 2 is 2.09 bits per heavy atom. The molecule has 5 rings (SSSR count). The number of ether oxygens (including phenoxy) is 1. The minimum Gasteiger partial charge on any atom is -0.493 e. The van der Waals surface area contributed by atoms with E-state index in [9.17, 15) is 18.4 Å². The molecule has 1 fully saturated rings. The molecule has 35 heavy (non-hydrogen) atoms. The van der Waals surface area contributed by atoms with Gasteiger partial charge in [0.25, 0.3) is 0 Å². The van der Waals surface area contributed by atoms with Crippen molar-refractivity contribution < 1.29 is 17.9 Å². The molecular formula is C24H22F3N7O. The molecule has 2 aliphatic rings. The van der Waals surface area contributed by atoms with Gasteiger partial charge in [-0.05, 0) is 42.8 Å². The van der Waals surface area contributed by atoms with E-state index < -0.39 is 11.7 Å². The summed E-state index contributed by atoms with van der Waals surface area (Å²) in [4.78, 5) is 10.7. The Kier molecular flexibility index (Phi) is 5.82.